The Bertz CT molecular complexity index is 904. The highest BCUT2D eigenvalue weighted by atomic mass is 32.2. The second-order valence-corrected chi connectivity index (χ2v) is 11.3. The van der Waals surface area contributed by atoms with E-state index in [1.54, 1.807) is 4.90 Å². The number of fused-ring (bicyclic) bond motifs is 2. The average Bonchev–Trinajstić information content (AvgIpc) is 2.91. The molecule has 150 valence electrons. The van der Waals surface area contributed by atoms with Crippen LogP contribution in [0.25, 0.3) is 0 Å². The van der Waals surface area contributed by atoms with Gasteiger partial charge in [0, 0.05) is 42.2 Å². The van der Waals surface area contributed by atoms with E-state index in [1.165, 1.54) is 0 Å². The zero-order chi connectivity index (χ0) is 20.0. The molecule has 0 atom stereocenters. The Morgan fingerprint density at radius 3 is 2.41 bits per heavy atom. The van der Waals surface area contributed by atoms with Crippen molar-refractivity contribution in [2.45, 2.75) is 63.7 Å². The standard InChI is InChI=1S/C19H29N3O4S/c1-18(2,3)17-20-15-13(16(24)21-17)5-7-19(15)8-10-22(11-9-19)14(23)6-12-27(4,25)26/h5-12H2,1-4H3,(H,20,21,24). The first-order chi connectivity index (χ1) is 12.4. The second-order valence-electron chi connectivity index (χ2n) is 9.03. The number of sulfone groups is 1. The van der Waals surface area contributed by atoms with Gasteiger partial charge in [-0.25, -0.2) is 13.4 Å². The van der Waals surface area contributed by atoms with Crippen molar-refractivity contribution in [2.75, 3.05) is 25.1 Å². The van der Waals surface area contributed by atoms with Crippen molar-refractivity contribution in [2.24, 2.45) is 0 Å². The molecule has 1 N–H and O–H groups in total. The predicted octanol–water partition coefficient (Wildman–Crippen LogP) is 1.31. The molecule has 3 rings (SSSR count). The van der Waals surface area contributed by atoms with E-state index in [-0.39, 0.29) is 34.5 Å². The summed E-state index contributed by atoms with van der Waals surface area (Å²) in [5.74, 6) is 0.490. The molecule has 27 heavy (non-hydrogen) atoms. The molecule has 1 fully saturated rings. The quantitative estimate of drug-likeness (QED) is 0.832. The number of H-pyrrole nitrogens is 1. The van der Waals surface area contributed by atoms with E-state index in [0.29, 0.717) is 18.9 Å². The van der Waals surface area contributed by atoms with E-state index in [0.717, 1.165) is 43.2 Å². The fourth-order valence-electron chi connectivity index (χ4n) is 4.11. The lowest BCUT2D eigenvalue weighted by Gasteiger charge is -2.39. The molecule has 8 heteroatoms. The van der Waals surface area contributed by atoms with Crippen LogP contribution in [-0.4, -0.2) is 54.3 Å². The monoisotopic (exact) mass is 395 g/mol. The first-order valence-corrected chi connectivity index (χ1v) is 11.6. The van der Waals surface area contributed by atoms with Crippen LogP contribution in [-0.2, 0) is 31.9 Å². The summed E-state index contributed by atoms with van der Waals surface area (Å²) in [7, 11) is -3.14. The molecule has 2 heterocycles. The number of amides is 1. The number of nitrogens with zero attached hydrogens (tertiary/aromatic N) is 2. The molecular weight excluding hydrogens is 366 g/mol. The van der Waals surface area contributed by atoms with E-state index in [1.807, 2.05) is 20.8 Å². The summed E-state index contributed by atoms with van der Waals surface area (Å²) < 4.78 is 22.6. The summed E-state index contributed by atoms with van der Waals surface area (Å²) in [5, 5.41) is 0. The topological polar surface area (TPSA) is 100 Å². The summed E-state index contributed by atoms with van der Waals surface area (Å²) >= 11 is 0. The highest BCUT2D eigenvalue weighted by molar-refractivity contribution is 7.90. The lowest BCUT2D eigenvalue weighted by molar-refractivity contribution is -0.132. The zero-order valence-corrected chi connectivity index (χ0v) is 17.4. The minimum atomic E-state index is -3.14. The molecule has 1 aliphatic heterocycles. The maximum Gasteiger partial charge on any atom is 0.254 e. The van der Waals surface area contributed by atoms with Crippen molar-refractivity contribution < 1.29 is 13.2 Å². The van der Waals surface area contributed by atoms with Gasteiger partial charge in [0.25, 0.3) is 5.56 Å². The number of carbonyl (C=O) groups excluding carboxylic acids is 1. The van der Waals surface area contributed by atoms with Crippen molar-refractivity contribution in [1.29, 1.82) is 0 Å². The number of aromatic nitrogens is 2. The number of aromatic amines is 1. The maximum atomic E-state index is 12.5. The summed E-state index contributed by atoms with van der Waals surface area (Å²) in [4.78, 5) is 34.4. The summed E-state index contributed by atoms with van der Waals surface area (Å²) in [6, 6.07) is 0. The van der Waals surface area contributed by atoms with Crippen LogP contribution in [0.1, 0.15) is 63.5 Å². The Labute approximate surface area is 160 Å². The maximum absolute atomic E-state index is 12.5. The third kappa shape index (κ3) is 4.10. The fraction of sp³-hybridized carbons (Fsp3) is 0.737. The summed E-state index contributed by atoms with van der Waals surface area (Å²) in [6.07, 6.45) is 4.34. The fourth-order valence-corrected chi connectivity index (χ4v) is 4.65. The number of hydrogen-bond donors (Lipinski definition) is 1. The van der Waals surface area contributed by atoms with E-state index in [4.69, 9.17) is 4.98 Å². The molecule has 0 saturated carbocycles. The van der Waals surface area contributed by atoms with Gasteiger partial charge in [0.1, 0.15) is 15.7 Å². The molecule has 1 aromatic heterocycles. The van der Waals surface area contributed by atoms with Crippen LogP contribution < -0.4 is 5.56 Å². The SMILES string of the molecule is CC(C)(C)c1nc2c(c(=O)[nH]1)CCC21CCN(C(=O)CCS(C)(=O)=O)CC1. The zero-order valence-electron chi connectivity index (χ0n) is 16.6. The number of likely N-dealkylation sites (tertiary alicyclic amines) is 1. The van der Waals surface area contributed by atoms with Crippen LogP contribution in [0, 0.1) is 0 Å². The van der Waals surface area contributed by atoms with Gasteiger partial charge in [0.2, 0.25) is 5.91 Å². The smallest absolute Gasteiger partial charge is 0.254 e. The molecule has 1 aromatic rings. The first kappa shape index (κ1) is 20.0. The number of nitrogens with one attached hydrogen (secondary N) is 1. The van der Waals surface area contributed by atoms with Gasteiger partial charge in [-0.15, -0.1) is 0 Å². The number of carbonyl (C=O) groups is 1. The van der Waals surface area contributed by atoms with Gasteiger partial charge in [-0.05, 0) is 25.7 Å². The minimum absolute atomic E-state index is 0.0338. The molecular formula is C19H29N3O4S. The minimum Gasteiger partial charge on any atom is -0.343 e. The van der Waals surface area contributed by atoms with Crippen molar-refractivity contribution in [3.05, 3.63) is 27.4 Å². The van der Waals surface area contributed by atoms with Gasteiger partial charge < -0.3 is 9.88 Å². The van der Waals surface area contributed by atoms with E-state index in [9.17, 15) is 18.0 Å². The first-order valence-electron chi connectivity index (χ1n) is 9.51. The van der Waals surface area contributed by atoms with Crippen molar-refractivity contribution >= 4 is 15.7 Å². The van der Waals surface area contributed by atoms with Gasteiger partial charge >= 0.3 is 0 Å². The Hall–Kier alpha value is -1.70. The third-order valence-corrected chi connectivity index (χ3v) is 6.79. The second kappa shape index (κ2) is 6.72. The predicted molar refractivity (Wildman–Crippen MR) is 104 cm³/mol. The van der Waals surface area contributed by atoms with Gasteiger partial charge in [0.05, 0.1) is 11.4 Å². The van der Waals surface area contributed by atoms with Crippen LogP contribution in [0.15, 0.2) is 4.79 Å². The highest BCUT2D eigenvalue weighted by Gasteiger charge is 2.45. The Morgan fingerprint density at radius 2 is 1.85 bits per heavy atom. The summed E-state index contributed by atoms with van der Waals surface area (Å²) in [6.45, 7) is 7.26. The normalized spacial score (nSPS) is 19.3. The van der Waals surface area contributed by atoms with Crippen molar-refractivity contribution in [3.8, 4) is 0 Å². The molecule has 0 unspecified atom stereocenters. The van der Waals surface area contributed by atoms with Crippen LogP contribution in [0.5, 0.6) is 0 Å². The Morgan fingerprint density at radius 1 is 1.22 bits per heavy atom. The number of hydrogen-bond acceptors (Lipinski definition) is 5. The Balaban J connectivity index is 1.78. The van der Waals surface area contributed by atoms with E-state index < -0.39 is 9.84 Å². The number of rotatable bonds is 3. The summed E-state index contributed by atoms with van der Waals surface area (Å²) in [5.41, 5.74) is 1.30. The molecule has 2 aliphatic rings. The molecule has 1 aliphatic carbocycles. The van der Waals surface area contributed by atoms with Gasteiger partial charge in [0.15, 0.2) is 0 Å². The highest BCUT2D eigenvalue weighted by Crippen LogP contribution is 2.44. The van der Waals surface area contributed by atoms with Crippen molar-refractivity contribution in [3.63, 3.8) is 0 Å². The molecule has 7 nitrogen and oxygen atoms in total. The van der Waals surface area contributed by atoms with Crippen LogP contribution in [0.3, 0.4) is 0 Å². The molecule has 0 radical (unpaired) electrons. The third-order valence-electron chi connectivity index (χ3n) is 5.84. The average molecular weight is 396 g/mol. The molecule has 1 saturated heterocycles. The van der Waals surface area contributed by atoms with E-state index in [2.05, 4.69) is 4.98 Å². The van der Waals surface area contributed by atoms with Gasteiger partial charge in [-0.1, -0.05) is 20.8 Å². The van der Waals surface area contributed by atoms with Gasteiger partial charge in [-0.2, -0.15) is 0 Å². The molecule has 1 spiro atoms. The van der Waals surface area contributed by atoms with Crippen LogP contribution in [0.2, 0.25) is 0 Å². The lowest BCUT2D eigenvalue weighted by Crippen LogP contribution is -2.45. The van der Waals surface area contributed by atoms with Gasteiger partial charge in [-0.3, -0.25) is 9.59 Å². The lowest BCUT2D eigenvalue weighted by atomic mass is 9.76. The van der Waals surface area contributed by atoms with Crippen LogP contribution >= 0.6 is 0 Å². The molecule has 0 aromatic carbocycles. The largest absolute Gasteiger partial charge is 0.343 e. The molecule has 1 amide bonds. The van der Waals surface area contributed by atoms with E-state index >= 15 is 0 Å². The molecule has 0 bridgehead atoms. The van der Waals surface area contributed by atoms with Crippen molar-refractivity contribution in [1.82, 2.24) is 14.9 Å². The Kier molecular flexibility index (Phi) is 4.99. The number of piperidine rings is 1. The van der Waals surface area contributed by atoms with Crippen LogP contribution in [0.4, 0.5) is 0 Å².